The summed E-state index contributed by atoms with van der Waals surface area (Å²) in [5.74, 6) is 0.506. The van der Waals surface area contributed by atoms with Crippen LogP contribution in [0.25, 0.3) is 0 Å². The minimum atomic E-state index is -0.380. The summed E-state index contributed by atoms with van der Waals surface area (Å²) in [4.78, 5) is 20.9. The Morgan fingerprint density at radius 1 is 1.23 bits per heavy atom. The molecule has 1 aliphatic carbocycles. The van der Waals surface area contributed by atoms with Gasteiger partial charge in [0.2, 0.25) is 0 Å². The number of rotatable bonds is 5. The SMILES string of the molecule is N#Cc1cccc(NC(=O)c2nccnc2NCC2CCC(O)CC2)c1. The molecule has 26 heavy (non-hydrogen) atoms. The van der Waals surface area contributed by atoms with Gasteiger partial charge in [-0.05, 0) is 49.8 Å². The number of nitrogens with one attached hydrogen (secondary N) is 2. The normalized spacial score (nSPS) is 19.4. The molecule has 1 aliphatic rings. The lowest BCUT2D eigenvalue weighted by Crippen LogP contribution is -2.25. The van der Waals surface area contributed by atoms with E-state index in [0.717, 1.165) is 25.7 Å². The van der Waals surface area contributed by atoms with Crippen molar-refractivity contribution in [2.75, 3.05) is 17.2 Å². The third-order valence-electron chi connectivity index (χ3n) is 4.54. The number of nitriles is 1. The van der Waals surface area contributed by atoms with Crippen LogP contribution in [0, 0.1) is 17.2 Å². The summed E-state index contributed by atoms with van der Waals surface area (Å²) in [7, 11) is 0. The van der Waals surface area contributed by atoms with Crippen molar-refractivity contribution in [3.05, 3.63) is 47.9 Å². The predicted octanol–water partition coefficient (Wildman–Crippen LogP) is 2.56. The lowest BCUT2D eigenvalue weighted by Gasteiger charge is -2.25. The first kappa shape index (κ1) is 17.8. The van der Waals surface area contributed by atoms with E-state index in [-0.39, 0.29) is 17.7 Å². The Kier molecular flexibility index (Phi) is 5.77. The van der Waals surface area contributed by atoms with E-state index in [1.807, 2.05) is 6.07 Å². The lowest BCUT2D eigenvalue weighted by molar-refractivity contribution is 0.102. The van der Waals surface area contributed by atoms with Crippen molar-refractivity contribution in [1.29, 1.82) is 5.26 Å². The Bertz CT molecular complexity index is 810. The van der Waals surface area contributed by atoms with Gasteiger partial charge in [0.05, 0.1) is 17.7 Å². The highest BCUT2D eigenvalue weighted by Gasteiger charge is 2.20. The molecule has 0 unspecified atom stereocenters. The number of carbonyl (C=O) groups excluding carboxylic acids is 1. The van der Waals surface area contributed by atoms with Gasteiger partial charge in [0.25, 0.3) is 5.91 Å². The van der Waals surface area contributed by atoms with Gasteiger partial charge in [-0.15, -0.1) is 0 Å². The number of amides is 1. The summed E-state index contributed by atoms with van der Waals surface area (Å²) in [5.41, 5.74) is 1.22. The zero-order valence-corrected chi connectivity index (χ0v) is 14.4. The third-order valence-corrected chi connectivity index (χ3v) is 4.54. The van der Waals surface area contributed by atoms with Crippen molar-refractivity contribution in [2.24, 2.45) is 5.92 Å². The van der Waals surface area contributed by atoms with E-state index in [2.05, 4.69) is 20.6 Å². The topological polar surface area (TPSA) is 111 Å². The van der Waals surface area contributed by atoms with Gasteiger partial charge < -0.3 is 15.7 Å². The minimum absolute atomic E-state index is 0.187. The molecule has 2 aromatic rings. The fourth-order valence-corrected chi connectivity index (χ4v) is 3.08. The van der Waals surface area contributed by atoms with Gasteiger partial charge in [-0.3, -0.25) is 4.79 Å². The lowest BCUT2D eigenvalue weighted by atomic mass is 9.87. The molecule has 0 bridgehead atoms. The summed E-state index contributed by atoms with van der Waals surface area (Å²) in [6.07, 6.45) is 6.37. The van der Waals surface area contributed by atoms with Crippen molar-refractivity contribution in [3.8, 4) is 6.07 Å². The maximum absolute atomic E-state index is 12.6. The van der Waals surface area contributed by atoms with Crippen LogP contribution in [0.15, 0.2) is 36.7 Å². The van der Waals surface area contributed by atoms with Gasteiger partial charge in [-0.1, -0.05) is 6.07 Å². The Balaban J connectivity index is 1.66. The molecule has 1 saturated carbocycles. The Hall–Kier alpha value is -2.98. The van der Waals surface area contributed by atoms with Crippen molar-refractivity contribution < 1.29 is 9.90 Å². The van der Waals surface area contributed by atoms with Crippen molar-refractivity contribution in [2.45, 2.75) is 31.8 Å². The van der Waals surface area contributed by atoms with Crippen LogP contribution >= 0.6 is 0 Å². The van der Waals surface area contributed by atoms with E-state index < -0.39 is 0 Å². The zero-order chi connectivity index (χ0) is 18.4. The maximum Gasteiger partial charge on any atom is 0.278 e. The molecule has 1 amide bonds. The first-order valence-electron chi connectivity index (χ1n) is 8.70. The molecule has 1 fully saturated rings. The highest BCUT2D eigenvalue weighted by molar-refractivity contribution is 6.05. The molecular formula is C19H21N5O2. The first-order valence-corrected chi connectivity index (χ1v) is 8.70. The average Bonchev–Trinajstić information content (AvgIpc) is 2.68. The molecule has 0 atom stereocenters. The molecule has 0 saturated heterocycles. The molecule has 134 valence electrons. The Labute approximate surface area is 152 Å². The van der Waals surface area contributed by atoms with Gasteiger partial charge in [0.1, 0.15) is 0 Å². The number of aliphatic hydroxyl groups is 1. The molecule has 3 N–H and O–H groups in total. The van der Waals surface area contributed by atoms with Crippen LogP contribution in [0.3, 0.4) is 0 Å². The summed E-state index contributed by atoms with van der Waals surface area (Å²) in [5, 5.41) is 24.5. The average molecular weight is 351 g/mol. The quantitative estimate of drug-likeness (QED) is 0.763. The van der Waals surface area contributed by atoms with Crippen molar-refractivity contribution >= 4 is 17.4 Å². The molecular weight excluding hydrogens is 330 g/mol. The standard InChI is InChI=1S/C19H21N5O2/c20-11-14-2-1-3-15(10-14)24-19(26)17-18(22-9-8-21-17)23-12-13-4-6-16(25)7-5-13/h1-3,8-10,13,16,25H,4-7,12H2,(H,22,23)(H,24,26). The summed E-state index contributed by atoms with van der Waals surface area (Å²) < 4.78 is 0. The Morgan fingerprint density at radius 2 is 2.00 bits per heavy atom. The van der Waals surface area contributed by atoms with E-state index in [9.17, 15) is 9.90 Å². The predicted molar refractivity (Wildman–Crippen MR) is 97.6 cm³/mol. The fraction of sp³-hybridized carbons (Fsp3) is 0.368. The van der Waals surface area contributed by atoms with E-state index >= 15 is 0 Å². The molecule has 0 radical (unpaired) electrons. The van der Waals surface area contributed by atoms with Gasteiger partial charge >= 0.3 is 0 Å². The van der Waals surface area contributed by atoms with Crippen LogP contribution < -0.4 is 10.6 Å². The van der Waals surface area contributed by atoms with Crippen LogP contribution in [-0.2, 0) is 0 Å². The summed E-state index contributed by atoms with van der Waals surface area (Å²) in [6.45, 7) is 0.690. The van der Waals surface area contributed by atoms with E-state index in [0.29, 0.717) is 29.5 Å². The summed E-state index contributed by atoms with van der Waals surface area (Å²) in [6, 6.07) is 8.75. The molecule has 0 spiro atoms. The van der Waals surface area contributed by atoms with Gasteiger partial charge in [0.15, 0.2) is 11.5 Å². The van der Waals surface area contributed by atoms with Gasteiger partial charge in [-0.2, -0.15) is 5.26 Å². The molecule has 1 heterocycles. The molecule has 1 aromatic carbocycles. The fourth-order valence-electron chi connectivity index (χ4n) is 3.08. The number of anilines is 2. The minimum Gasteiger partial charge on any atom is -0.393 e. The number of aromatic nitrogens is 2. The van der Waals surface area contributed by atoms with Crippen LogP contribution in [-0.4, -0.2) is 33.6 Å². The number of hydrogen-bond acceptors (Lipinski definition) is 6. The van der Waals surface area contributed by atoms with E-state index in [4.69, 9.17) is 5.26 Å². The molecule has 0 aliphatic heterocycles. The van der Waals surface area contributed by atoms with E-state index in [1.165, 1.54) is 6.20 Å². The molecule has 3 rings (SSSR count). The Morgan fingerprint density at radius 3 is 2.77 bits per heavy atom. The second-order valence-corrected chi connectivity index (χ2v) is 6.46. The second-order valence-electron chi connectivity index (χ2n) is 6.46. The largest absolute Gasteiger partial charge is 0.393 e. The second kappa shape index (κ2) is 8.41. The summed E-state index contributed by atoms with van der Waals surface area (Å²) >= 11 is 0. The number of aliphatic hydroxyl groups excluding tert-OH is 1. The molecule has 1 aromatic heterocycles. The number of carbonyl (C=O) groups is 1. The highest BCUT2D eigenvalue weighted by Crippen LogP contribution is 2.24. The third kappa shape index (κ3) is 4.55. The number of benzene rings is 1. The molecule has 7 nitrogen and oxygen atoms in total. The van der Waals surface area contributed by atoms with Gasteiger partial charge in [-0.25, -0.2) is 9.97 Å². The van der Waals surface area contributed by atoms with Crippen LogP contribution in [0.1, 0.15) is 41.7 Å². The smallest absolute Gasteiger partial charge is 0.278 e. The van der Waals surface area contributed by atoms with Crippen molar-refractivity contribution in [3.63, 3.8) is 0 Å². The number of nitrogens with zero attached hydrogens (tertiary/aromatic N) is 3. The number of hydrogen-bond donors (Lipinski definition) is 3. The highest BCUT2D eigenvalue weighted by atomic mass is 16.3. The first-order chi connectivity index (χ1) is 12.7. The zero-order valence-electron chi connectivity index (χ0n) is 14.4. The maximum atomic E-state index is 12.6. The van der Waals surface area contributed by atoms with E-state index in [1.54, 1.807) is 30.5 Å². The van der Waals surface area contributed by atoms with Crippen LogP contribution in [0.5, 0.6) is 0 Å². The van der Waals surface area contributed by atoms with Crippen LogP contribution in [0.4, 0.5) is 11.5 Å². The van der Waals surface area contributed by atoms with Crippen LogP contribution in [0.2, 0.25) is 0 Å². The van der Waals surface area contributed by atoms with Gasteiger partial charge in [0, 0.05) is 24.6 Å². The van der Waals surface area contributed by atoms with Crippen molar-refractivity contribution in [1.82, 2.24) is 9.97 Å². The molecule has 7 heteroatoms. The monoisotopic (exact) mass is 351 g/mol.